The lowest BCUT2D eigenvalue weighted by molar-refractivity contribution is 0.0211. The lowest BCUT2D eigenvalue weighted by Gasteiger charge is -2.18. The van der Waals surface area contributed by atoms with E-state index in [1.165, 1.54) is 0 Å². The first-order valence-corrected chi connectivity index (χ1v) is 5.53. The number of hydrogen-bond donors (Lipinski definition) is 2. The van der Waals surface area contributed by atoms with Gasteiger partial charge in [0.1, 0.15) is 6.10 Å². The predicted molar refractivity (Wildman–Crippen MR) is 60.3 cm³/mol. The van der Waals surface area contributed by atoms with E-state index < -0.39 is 12.2 Å². The topological polar surface area (TPSA) is 81.3 Å². The second kappa shape index (κ2) is 4.66. The fourth-order valence-electron chi connectivity index (χ4n) is 2.21. The van der Waals surface area contributed by atoms with E-state index in [1.54, 1.807) is 18.2 Å². The molecule has 0 saturated carbocycles. The Morgan fingerprint density at radius 3 is 2.82 bits per heavy atom. The van der Waals surface area contributed by atoms with Gasteiger partial charge in [-0.15, -0.1) is 0 Å². The molecule has 4 heteroatoms. The molecule has 0 aliphatic heterocycles. The van der Waals surface area contributed by atoms with Crippen LogP contribution >= 0.6 is 0 Å². The molecule has 17 heavy (non-hydrogen) atoms. The number of fused-ring (bicyclic) bond motifs is 1. The van der Waals surface area contributed by atoms with Gasteiger partial charge in [0.05, 0.1) is 18.6 Å². The van der Waals surface area contributed by atoms with E-state index in [0.717, 1.165) is 5.56 Å². The van der Waals surface area contributed by atoms with Crippen LogP contribution in [0.25, 0.3) is 0 Å². The highest BCUT2D eigenvalue weighted by Gasteiger charge is 2.27. The van der Waals surface area contributed by atoms with Gasteiger partial charge < -0.3 is 10.2 Å². The van der Waals surface area contributed by atoms with Crippen LogP contribution in [-0.4, -0.2) is 22.1 Å². The largest absolute Gasteiger partial charge is 0.389 e. The highest BCUT2D eigenvalue weighted by molar-refractivity contribution is 6.00. The molecule has 0 heterocycles. The van der Waals surface area contributed by atoms with Crippen LogP contribution in [0.3, 0.4) is 0 Å². The Labute approximate surface area is 99.1 Å². The molecule has 1 aromatic rings. The van der Waals surface area contributed by atoms with Crippen LogP contribution in [-0.2, 0) is 6.42 Å². The van der Waals surface area contributed by atoms with Crippen LogP contribution in [0.5, 0.6) is 0 Å². The molecule has 2 rings (SSSR count). The van der Waals surface area contributed by atoms with Crippen molar-refractivity contribution in [2.75, 3.05) is 0 Å². The number of aliphatic hydroxyl groups is 2. The molecule has 0 radical (unpaired) electrons. The Bertz CT molecular complexity index is 490. The molecule has 1 aromatic carbocycles. The lowest BCUT2D eigenvalue weighted by Crippen LogP contribution is -2.18. The first-order chi connectivity index (χ1) is 8.15. The third kappa shape index (κ3) is 2.07. The minimum absolute atomic E-state index is 0.0730. The number of benzene rings is 1. The highest BCUT2D eigenvalue weighted by atomic mass is 16.3. The third-order valence-corrected chi connectivity index (χ3v) is 3.10. The molecule has 2 atom stereocenters. The van der Waals surface area contributed by atoms with E-state index >= 15 is 0 Å². The van der Waals surface area contributed by atoms with Crippen LogP contribution in [0.1, 0.15) is 40.4 Å². The molecule has 2 N–H and O–H groups in total. The van der Waals surface area contributed by atoms with E-state index in [9.17, 15) is 15.0 Å². The molecule has 1 aliphatic rings. The summed E-state index contributed by atoms with van der Waals surface area (Å²) in [5.41, 5.74) is 2.00. The van der Waals surface area contributed by atoms with Gasteiger partial charge in [0.15, 0.2) is 5.78 Å². The third-order valence-electron chi connectivity index (χ3n) is 3.10. The Morgan fingerprint density at radius 1 is 1.35 bits per heavy atom. The predicted octanol–water partition coefficient (Wildman–Crippen LogP) is 1.12. The molecule has 0 amide bonds. The summed E-state index contributed by atoms with van der Waals surface area (Å²) in [6, 6.07) is 6.94. The monoisotopic (exact) mass is 231 g/mol. The van der Waals surface area contributed by atoms with Crippen molar-refractivity contribution in [2.24, 2.45) is 0 Å². The van der Waals surface area contributed by atoms with Crippen molar-refractivity contribution < 1.29 is 15.0 Å². The average Bonchev–Trinajstić information content (AvgIpc) is 2.71. The summed E-state index contributed by atoms with van der Waals surface area (Å²) >= 11 is 0. The van der Waals surface area contributed by atoms with E-state index in [-0.39, 0.29) is 12.2 Å². The van der Waals surface area contributed by atoms with Crippen molar-refractivity contribution >= 4 is 5.78 Å². The van der Waals surface area contributed by atoms with Crippen molar-refractivity contribution in [1.82, 2.24) is 0 Å². The summed E-state index contributed by atoms with van der Waals surface area (Å²) in [5, 5.41) is 28.1. The Balaban J connectivity index is 2.35. The zero-order valence-electron chi connectivity index (χ0n) is 9.26. The van der Waals surface area contributed by atoms with Gasteiger partial charge in [-0.05, 0) is 17.5 Å². The van der Waals surface area contributed by atoms with Gasteiger partial charge in [-0.3, -0.25) is 4.79 Å². The van der Waals surface area contributed by atoms with Crippen molar-refractivity contribution in [2.45, 2.75) is 31.5 Å². The van der Waals surface area contributed by atoms with Crippen LogP contribution in [0.4, 0.5) is 0 Å². The van der Waals surface area contributed by atoms with Crippen molar-refractivity contribution in [3.63, 3.8) is 0 Å². The Kier molecular flexibility index (Phi) is 3.23. The van der Waals surface area contributed by atoms with Gasteiger partial charge in [0.25, 0.3) is 0 Å². The number of aliphatic hydroxyl groups excluding tert-OH is 2. The molecule has 2 unspecified atom stereocenters. The zero-order chi connectivity index (χ0) is 12.4. The fraction of sp³-hybridized carbons (Fsp3) is 0.385. The number of rotatable bonds is 3. The molecular weight excluding hydrogens is 218 g/mol. The molecule has 0 fully saturated rings. The maximum atomic E-state index is 11.5. The first kappa shape index (κ1) is 11.8. The molecule has 1 aliphatic carbocycles. The van der Waals surface area contributed by atoms with E-state index in [1.807, 2.05) is 6.07 Å². The minimum atomic E-state index is -1.11. The van der Waals surface area contributed by atoms with Crippen LogP contribution < -0.4 is 0 Å². The Morgan fingerprint density at radius 2 is 2.12 bits per heavy atom. The second-order valence-corrected chi connectivity index (χ2v) is 4.17. The SMILES string of the molecule is N#CCC(O)C(O)c1cccc2c1CCC2=O. The standard InChI is InChI=1S/C13H13NO3/c14-7-6-12(16)13(17)10-3-1-2-9-8(10)4-5-11(9)15/h1-3,12-13,16-17H,4-6H2. The van der Waals surface area contributed by atoms with E-state index in [4.69, 9.17) is 5.26 Å². The normalized spacial score (nSPS) is 17.4. The van der Waals surface area contributed by atoms with Crippen LogP contribution in [0.2, 0.25) is 0 Å². The van der Waals surface area contributed by atoms with Gasteiger partial charge in [0.2, 0.25) is 0 Å². The first-order valence-electron chi connectivity index (χ1n) is 5.53. The summed E-state index contributed by atoms with van der Waals surface area (Å²) in [6.07, 6.45) is -1.29. The summed E-state index contributed by atoms with van der Waals surface area (Å²) in [6.45, 7) is 0. The molecule has 88 valence electrons. The number of Topliss-reactive ketones (excluding diaryl/α,β-unsaturated/α-hetero) is 1. The van der Waals surface area contributed by atoms with Gasteiger partial charge in [0, 0.05) is 12.0 Å². The number of nitrogens with zero attached hydrogens (tertiary/aromatic N) is 1. The van der Waals surface area contributed by atoms with E-state index in [2.05, 4.69) is 0 Å². The van der Waals surface area contributed by atoms with Crippen LogP contribution in [0.15, 0.2) is 18.2 Å². The summed E-state index contributed by atoms with van der Waals surface area (Å²) < 4.78 is 0. The maximum absolute atomic E-state index is 11.5. The van der Waals surface area contributed by atoms with Gasteiger partial charge in [-0.1, -0.05) is 18.2 Å². The summed E-state index contributed by atoms with van der Waals surface area (Å²) in [5.74, 6) is 0.0730. The fourth-order valence-corrected chi connectivity index (χ4v) is 2.21. The molecule has 0 bridgehead atoms. The van der Waals surface area contributed by atoms with E-state index in [0.29, 0.717) is 24.0 Å². The molecule has 0 aromatic heterocycles. The van der Waals surface area contributed by atoms with Gasteiger partial charge in [-0.2, -0.15) is 5.26 Å². The number of nitriles is 1. The maximum Gasteiger partial charge on any atom is 0.163 e. The molecular formula is C13H13NO3. The average molecular weight is 231 g/mol. The smallest absolute Gasteiger partial charge is 0.163 e. The quantitative estimate of drug-likeness (QED) is 0.816. The van der Waals surface area contributed by atoms with Crippen molar-refractivity contribution in [1.29, 1.82) is 5.26 Å². The highest BCUT2D eigenvalue weighted by Crippen LogP contribution is 2.30. The van der Waals surface area contributed by atoms with Gasteiger partial charge >= 0.3 is 0 Å². The van der Waals surface area contributed by atoms with Crippen LogP contribution in [0, 0.1) is 11.3 Å². The summed E-state index contributed by atoms with van der Waals surface area (Å²) in [7, 11) is 0. The second-order valence-electron chi connectivity index (χ2n) is 4.17. The number of hydrogen-bond acceptors (Lipinski definition) is 4. The lowest BCUT2D eigenvalue weighted by atomic mass is 9.95. The van der Waals surface area contributed by atoms with Gasteiger partial charge in [-0.25, -0.2) is 0 Å². The summed E-state index contributed by atoms with van der Waals surface area (Å²) in [4.78, 5) is 11.5. The molecule has 0 spiro atoms. The zero-order valence-corrected chi connectivity index (χ0v) is 9.26. The number of ketones is 1. The van der Waals surface area contributed by atoms with Crippen molar-refractivity contribution in [3.8, 4) is 6.07 Å². The number of carbonyl (C=O) groups excluding carboxylic acids is 1. The Hall–Kier alpha value is -1.70. The number of carbonyl (C=O) groups is 1. The van der Waals surface area contributed by atoms with Crippen molar-refractivity contribution in [3.05, 3.63) is 34.9 Å². The molecule has 0 saturated heterocycles. The minimum Gasteiger partial charge on any atom is -0.389 e. The molecule has 4 nitrogen and oxygen atoms in total.